The molecule has 3 rings (SSSR count). The predicted octanol–water partition coefficient (Wildman–Crippen LogP) is 6.02. The first-order valence-electron chi connectivity index (χ1n) is 7.06. The fourth-order valence-corrected chi connectivity index (χ4v) is 3.80. The molecule has 0 aliphatic carbocycles. The van der Waals surface area contributed by atoms with Crippen molar-refractivity contribution in [2.45, 2.75) is 6.92 Å². The van der Waals surface area contributed by atoms with Gasteiger partial charge in [-0.15, -0.1) is 11.3 Å². The van der Waals surface area contributed by atoms with Crippen molar-refractivity contribution in [3.63, 3.8) is 0 Å². The Morgan fingerprint density at radius 3 is 2.54 bits per heavy atom. The highest BCUT2D eigenvalue weighted by Crippen LogP contribution is 2.34. The Hall–Kier alpha value is -2.05. The van der Waals surface area contributed by atoms with Gasteiger partial charge in [0.15, 0.2) is 5.82 Å². The van der Waals surface area contributed by atoms with E-state index in [1.54, 1.807) is 5.38 Å². The zero-order valence-electron chi connectivity index (χ0n) is 12.6. The van der Waals surface area contributed by atoms with Crippen molar-refractivity contribution in [2.24, 2.45) is 0 Å². The van der Waals surface area contributed by atoms with E-state index in [2.05, 4.69) is 21.2 Å². The Labute approximate surface area is 150 Å². The molecule has 2 aromatic carbocycles. The lowest BCUT2D eigenvalue weighted by atomic mass is 10.0. The number of hydrogen-bond donors (Lipinski definition) is 1. The molecule has 1 aromatic heterocycles. The van der Waals surface area contributed by atoms with E-state index in [4.69, 9.17) is 0 Å². The lowest BCUT2D eigenvalue weighted by molar-refractivity contribution is 0.102. The molecule has 1 amide bonds. The molecule has 0 aliphatic rings. The molecule has 6 heteroatoms. The summed E-state index contributed by atoms with van der Waals surface area (Å²) >= 11 is 4.52. The fourth-order valence-electron chi connectivity index (χ4n) is 2.43. The molecule has 3 aromatic rings. The summed E-state index contributed by atoms with van der Waals surface area (Å²) in [6.07, 6.45) is 0. The first-order valence-corrected chi connectivity index (χ1v) is 8.74. The third-order valence-electron chi connectivity index (χ3n) is 3.53. The maximum Gasteiger partial charge on any atom is 0.257 e. The molecule has 1 N–H and O–H groups in total. The minimum Gasteiger partial charge on any atom is -0.318 e. The van der Waals surface area contributed by atoms with Gasteiger partial charge >= 0.3 is 0 Å². The van der Waals surface area contributed by atoms with E-state index >= 15 is 0 Å². The van der Waals surface area contributed by atoms with Gasteiger partial charge in [0.2, 0.25) is 0 Å². The number of anilines is 1. The molecule has 0 spiro atoms. The van der Waals surface area contributed by atoms with Gasteiger partial charge in [0.05, 0.1) is 11.3 Å². The molecule has 0 atom stereocenters. The first kappa shape index (κ1) is 16.8. The maximum atomic E-state index is 13.9. The van der Waals surface area contributed by atoms with Gasteiger partial charge in [-0.05, 0) is 34.5 Å². The number of hydrogen-bond acceptors (Lipinski definition) is 2. The quantitative estimate of drug-likeness (QED) is 0.565. The van der Waals surface area contributed by atoms with Crippen LogP contribution in [0.5, 0.6) is 0 Å². The Bertz CT molecular complexity index is 886. The van der Waals surface area contributed by atoms with Gasteiger partial charge in [0.1, 0.15) is 5.82 Å². The van der Waals surface area contributed by atoms with Gasteiger partial charge in [0, 0.05) is 26.4 Å². The molecule has 2 nitrogen and oxygen atoms in total. The van der Waals surface area contributed by atoms with Crippen molar-refractivity contribution in [3.05, 3.63) is 74.4 Å². The summed E-state index contributed by atoms with van der Waals surface area (Å²) in [7, 11) is 0. The molecule has 0 aliphatic heterocycles. The van der Waals surface area contributed by atoms with Crippen molar-refractivity contribution < 1.29 is 13.6 Å². The van der Waals surface area contributed by atoms with Crippen LogP contribution >= 0.6 is 27.3 Å². The summed E-state index contributed by atoms with van der Waals surface area (Å²) in [4.78, 5) is 13.6. The third-order valence-corrected chi connectivity index (χ3v) is 5.06. The number of halogens is 3. The van der Waals surface area contributed by atoms with Gasteiger partial charge in [0.25, 0.3) is 5.91 Å². The fraction of sp³-hybridized carbons (Fsp3) is 0.0556. The Morgan fingerprint density at radius 1 is 1.17 bits per heavy atom. The van der Waals surface area contributed by atoms with Gasteiger partial charge in [-0.1, -0.05) is 30.3 Å². The number of benzene rings is 2. The van der Waals surface area contributed by atoms with Crippen LogP contribution in [0.25, 0.3) is 11.1 Å². The van der Waals surface area contributed by atoms with Crippen LogP contribution in [-0.2, 0) is 0 Å². The highest BCUT2D eigenvalue weighted by Gasteiger charge is 2.20. The molecule has 0 unspecified atom stereocenters. The zero-order valence-corrected chi connectivity index (χ0v) is 15.0. The summed E-state index contributed by atoms with van der Waals surface area (Å²) in [6, 6.07) is 11.4. The van der Waals surface area contributed by atoms with E-state index in [1.807, 2.05) is 37.3 Å². The van der Waals surface area contributed by atoms with E-state index in [0.717, 1.165) is 28.1 Å². The molecular weight excluding hydrogens is 396 g/mol. The van der Waals surface area contributed by atoms with E-state index in [9.17, 15) is 13.6 Å². The molecule has 0 fully saturated rings. The number of nitrogens with one attached hydrogen (secondary N) is 1. The largest absolute Gasteiger partial charge is 0.318 e. The van der Waals surface area contributed by atoms with Crippen LogP contribution in [0.3, 0.4) is 0 Å². The van der Waals surface area contributed by atoms with Crippen LogP contribution in [-0.4, -0.2) is 5.91 Å². The smallest absolute Gasteiger partial charge is 0.257 e. The number of carbonyl (C=O) groups excluding carboxylic acids is 1. The predicted molar refractivity (Wildman–Crippen MR) is 96.5 cm³/mol. The van der Waals surface area contributed by atoms with Crippen molar-refractivity contribution in [2.75, 3.05) is 5.32 Å². The molecule has 0 radical (unpaired) electrons. The van der Waals surface area contributed by atoms with Crippen LogP contribution < -0.4 is 5.32 Å². The molecular formula is C18H12BrF2NOS. The van der Waals surface area contributed by atoms with Gasteiger partial charge in [-0.25, -0.2) is 8.78 Å². The molecule has 0 bridgehead atoms. The highest BCUT2D eigenvalue weighted by molar-refractivity contribution is 9.10. The van der Waals surface area contributed by atoms with Crippen LogP contribution in [0, 0.1) is 18.6 Å². The Balaban J connectivity index is 1.98. The Morgan fingerprint density at radius 2 is 1.88 bits per heavy atom. The standard InChI is InChI=1S/C18H12BrF2NOS/c1-10-16(11-5-3-2-4-6-11)13(9-24-10)18(23)22-17-14(19)7-12(20)8-15(17)21/h2-9H,1H3,(H,22,23). The number of carbonyl (C=O) groups is 1. The molecule has 0 saturated carbocycles. The van der Waals surface area contributed by atoms with E-state index in [1.165, 1.54) is 11.3 Å². The summed E-state index contributed by atoms with van der Waals surface area (Å²) in [5.74, 6) is -1.98. The summed E-state index contributed by atoms with van der Waals surface area (Å²) in [5.41, 5.74) is 2.11. The number of aryl methyl sites for hydroxylation is 1. The van der Waals surface area contributed by atoms with Crippen LogP contribution in [0.2, 0.25) is 0 Å². The molecule has 1 heterocycles. The maximum absolute atomic E-state index is 13.9. The summed E-state index contributed by atoms with van der Waals surface area (Å²) < 4.78 is 27.3. The number of thiophene rings is 1. The van der Waals surface area contributed by atoms with Crippen molar-refractivity contribution in [1.82, 2.24) is 0 Å². The average Bonchev–Trinajstić information content (AvgIpc) is 2.93. The van der Waals surface area contributed by atoms with Gasteiger partial charge in [-0.2, -0.15) is 0 Å². The number of rotatable bonds is 3. The average molecular weight is 408 g/mol. The monoisotopic (exact) mass is 407 g/mol. The zero-order chi connectivity index (χ0) is 17.3. The normalized spacial score (nSPS) is 10.7. The van der Waals surface area contributed by atoms with Gasteiger partial charge in [-0.3, -0.25) is 4.79 Å². The minimum absolute atomic E-state index is 0.0794. The lowest BCUT2D eigenvalue weighted by Crippen LogP contribution is -2.14. The van der Waals surface area contributed by atoms with E-state index in [0.29, 0.717) is 5.56 Å². The SMILES string of the molecule is Cc1scc(C(=O)Nc2c(F)cc(F)cc2Br)c1-c1ccccc1. The van der Waals surface area contributed by atoms with Crippen LogP contribution in [0.1, 0.15) is 15.2 Å². The van der Waals surface area contributed by atoms with Crippen molar-refractivity contribution >= 4 is 38.9 Å². The lowest BCUT2D eigenvalue weighted by Gasteiger charge is -2.10. The number of amides is 1. The van der Waals surface area contributed by atoms with Crippen LogP contribution in [0.15, 0.2) is 52.3 Å². The molecule has 122 valence electrons. The summed E-state index contributed by atoms with van der Waals surface area (Å²) in [6.45, 7) is 1.93. The second-order valence-electron chi connectivity index (χ2n) is 5.15. The second-order valence-corrected chi connectivity index (χ2v) is 7.08. The van der Waals surface area contributed by atoms with Gasteiger partial charge < -0.3 is 5.32 Å². The van der Waals surface area contributed by atoms with Crippen molar-refractivity contribution in [3.8, 4) is 11.1 Å². The van der Waals surface area contributed by atoms with E-state index < -0.39 is 17.5 Å². The van der Waals surface area contributed by atoms with Crippen LogP contribution in [0.4, 0.5) is 14.5 Å². The summed E-state index contributed by atoms with van der Waals surface area (Å²) in [5, 5.41) is 4.26. The first-order chi connectivity index (χ1) is 11.5. The second kappa shape index (κ2) is 6.83. The molecule has 0 saturated heterocycles. The Kier molecular flexibility index (Phi) is 4.78. The minimum atomic E-state index is -0.830. The molecule has 24 heavy (non-hydrogen) atoms. The third kappa shape index (κ3) is 3.25. The topological polar surface area (TPSA) is 29.1 Å². The van der Waals surface area contributed by atoms with Crippen molar-refractivity contribution in [1.29, 1.82) is 0 Å². The van der Waals surface area contributed by atoms with E-state index in [-0.39, 0.29) is 10.2 Å². The highest BCUT2D eigenvalue weighted by atomic mass is 79.9.